The molecule has 1 aromatic carbocycles. The summed E-state index contributed by atoms with van der Waals surface area (Å²) in [5.41, 5.74) is 2.79. The van der Waals surface area contributed by atoms with Gasteiger partial charge in [-0.3, -0.25) is 4.90 Å². The third-order valence-electron chi connectivity index (χ3n) is 6.52. The molecule has 1 saturated heterocycles. The van der Waals surface area contributed by atoms with Crippen molar-refractivity contribution in [3.63, 3.8) is 0 Å². The monoisotopic (exact) mass is 422 g/mol. The van der Waals surface area contributed by atoms with Crippen molar-refractivity contribution in [3.8, 4) is 11.5 Å². The summed E-state index contributed by atoms with van der Waals surface area (Å²) in [6, 6.07) is 6.75. The van der Waals surface area contributed by atoms with Crippen molar-refractivity contribution in [1.82, 2.24) is 14.9 Å². The molecule has 6 rings (SSSR count). The molecule has 0 atom stereocenters. The van der Waals surface area contributed by atoms with Crippen LogP contribution in [0, 0.1) is 0 Å². The van der Waals surface area contributed by atoms with Gasteiger partial charge in [0.1, 0.15) is 17.0 Å². The van der Waals surface area contributed by atoms with Gasteiger partial charge in [0.25, 0.3) is 0 Å². The van der Waals surface area contributed by atoms with E-state index in [0.717, 1.165) is 54.6 Å². The Labute approximate surface area is 180 Å². The largest absolute Gasteiger partial charge is 0.454 e. The van der Waals surface area contributed by atoms with Gasteiger partial charge in [0.15, 0.2) is 11.5 Å². The number of benzene rings is 1. The molecule has 30 heavy (non-hydrogen) atoms. The SMILES string of the molecule is c1nc(NC2CCN(Cc3ccc4c(c3)OCO4)CC2)c2c3c(sc2n1)CCCC3. The standard InChI is InChI=1S/C23H26N4O2S/c1-2-4-20-17(3-1)21-22(24-13-25-23(21)30-20)26-16-7-9-27(10-8-16)12-15-5-6-18-19(11-15)29-14-28-18/h5-6,11,13,16H,1-4,7-10,12,14H2,(H,24,25,26). The van der Waals surface area contributed by atoms with Crippen molar-refractivity contribution in [2.75, 3.05) is 25.2 Å². The van der Waals surface area contributed by atoms with Gasteiger partial charge in [0, 0.05) is 30.6 Å². The number of likely N-dealkylation sites (tertiary alicyclic amines) is 1. The van der Waals surface area contributed by atoms with Gasteiger partial charge >= 0.3 is 0 Å². The Kier molecular flexibility index (Phi) is 4.72. The number of nitrogens with zero attached hydrogens (tertiary/aromatic N) is 3. The summed E-state index contributed by atoms with van der Waals surface area (Å²) in [6.45, 7) is 3.46. The molecule has 0 bridgehead atoms. The second-order valence-corrected chi connectivity index (χ2v) is 9.58. The summed E-state index contributed by atoms with van der Waals surface area (Å²) >= 11 is 1.87. The van der Waals surface area contributed by atoms with Gasteiger partial charge in [0.2, 0.25) is 6.79 Å². The van der Waals surface area contributed by atoms with E-state index in [1.54, 1.807) is 6.33 Å². The Balaban J connectivity index is 1.12. The third kappa shape index (κ3) is 3.40. The highest BCUT2D eigenvalue weighted by Gasteiger charge is 2.24. The minimum Gasteiger partial charge on any atom is -0.454 e. The van der Waals surface area contributed by atoms with Crippen LogP contribution in [0.2, 0.25) is 0 Å². The van der Waals surface area contributed by atoms with E-state index in [0.29, 0.717) is 12.8 Å². The van der Waals surface area contributed by atoms with Crippen molar-refractivity contribution >= 4 is 27.4 Å². The van der Waals surface area contributed by atoms with E-state index in [-0.39, 0.29) is 0 Å². The molecule has 0 unspecified atom stereocenters. The topological polar surface area (TPSA) is 59.5 Å². The van der Waals surface area contributed by atoms with Crippen LogP contribution in [0.4, 0.5) is 5.82 Å². The maximum atomic E-state index is 5.52. The van der Waals surface area contributed by atoms with E-state index in [4.69, 9.17) is 9.47 Å². The summed E-state index contributed by atoms with van der Waals surface area (Å²) in [4.78, 5) is 14.4. The molecule has 0 radical (unpaired) electrons. The number of ether oxygens (including phenoxy) is 2. The zero-order valence-corrected chi connectivity index (χ0v) is 17.8. The van der Waals surface area contributed by atoms with Crippen molar-refractivity contribution in [2.45, 2.75) is 51.1 Å². The molecule has 7 heteroatoms. The van der Waals surface area contributed by atoms with Gasteiger partial charge in [-0.1, -0.05) is 6.07 Å². The molecule has 1 fully saturated rings. The number of rotatable bonds is 4. The second-order valence-electron chi connectivity index (χ2n) is 8.50. The van der Waals surface area contributed by atoms with Gasteiger partial charge in [-0.2, -0.15) is 0 Å². The number of nitrogens with one attached hydrogen (secondary N) is 1. The number of fused-ring (bicyclic) bond motifs is 4. The van der Waals surface area contributed by atoms with E-state index < -0.39 is 0 Å². The number of aryl methyl sites for hydroxylation is 2. The molecule has 3 aliphatic rings. The predicted molar refractivity (Wildman–Crippen MR) is 119 cm³/mol. The van der Waals surface area contributed by atoms with E-state index in [1.165, 1.54) is 47.1 Å². The minimum absolute atomic E-state index is 0.333. The quantitative estimate of drug-likeness (QED) is 0.674. The van der Waals surface area contributed by atoms with Crippen molar-refractivity contribution in [3.05, 3.63) is 40.5 Å². The smallest absolute Gasteiger partial charge is 0.231 e. The van der Waals surface area contributed by atoms with Gasteiger partial charge < -0.3 is 14.8 Å². The van der Waals surface area contributed by atoms with Crippen molar-refractivity contribution in [1.29, 1.82) is 0 Å². The van der Waals surface area contributed by atoms with Gasteiger partial charge in [0.05, 0.1) is 5.39 Å². The molecule has 0 spiro atoms. The Hall–Kier alpha value is -2.38. The van der Waals surface area contributed by atoms with Gasteiger partial charge in [-0.15, -0.1) is 11.3 Å². The maximum absolute atomic E-state index is 5.52. The van der Waals surface area contributed by atoms with E-state index in [2.05, 4.69) is 32.3 Å². The lowest BCUT2D eigenvalue weighted by Gasteiger charge is -2.32. The van der Waals surface area contributed by atoms with Crippen LogP contribution in [0.1, 0.15) is 41.7 Å². The molecular weight excluding hydrogens is 396 g/mol. The molecule has 6 nitrogen and oxygen atoms in total. The highest BCUT2D eigenvalue weighted by atomic mass is 32.1. The number of piperidine rings is 1. The molecule has 0 saturated carbocycles. The van der Waals surface area contributed by atoms with E-state index in [9.17, 15) is 0 Å². The summed E-state index contributed by atoms with van der Waals surface area (Å²) in [5, 5.41) is 5.06. The van der Waals surface area contributed by atoms with Crippen molar-refractivity contribution in [2.24, 2.45) is 0 Å². The number of hydrogen-bond donors (Lipinski definition) is 1. The molecule has 156 valence electrons. The minimum atomic E-state index is 0.333. The first-order chi connectivity index (χ1) is 14.8. The molecule has 2 aromatic heterocycles. The van der Waals surface area contributed by atoms with Crippen LogP contribution in [0.15, 0.2) is 24.5 Å². The predicted octanol–water partition coefficient (Wildman–Crippen LogP) is 4.38. The van der Waals surface area contributed by atoms with Gasteiger partial charge in [-0.25, -0.2) is 9.97 Å². The fraction of sp³-hybridized carbons (Fsp3) is 0.478. The van der Waals surface area contributed by atoms with E-state index in [1.807, 2.05) is 17.4 Å². The first-order valence-electron chi connectivity index (χ1n) is 11.0. The van der Waals surface area contributed by atoms with Crippen LogP contribution < -0.4 is 14.8 Å². The molecule has 1 N–H and O–H groups in total. The third-order valence-corrected chi connectivity index (χ3v) is 7.72. The average Bonchev–Trinajstić information content (AvgIpc) is 3.39. The van der Waals surface area contributed by atoms with Crippen LogP contribution in [0.25, 0.3) is 10.2 Å². The van der Waals surface area contributed by atoms with Crippen LogP contribution in [0.3, 0.4) is 0 Å². The fourth-order valence-electron chi connectivity index (χ4n) is 4.93. The van der Waals surface area contributed by atoms with Gasteiger partial charge in [-0.05, 0) is 61.8 Å². The number of anilines is 1. The summed E-state index contributed by atoms with van der Waals surface area (Å²) < 4.78 is 10.9. The highest BCUT2D eigenvalue weighted by Crippen LogP contribution is 2.38. The molecule has 3 aromatic rings. The number of aromatic nitrogens is 2. The second kappa shape index (κ2) is 7.71. The number of thiophene rings is 1. The average molecular weight is 423 g/mol. The summed E-state index contributed by atoms with van der Waals surface area (Å²) in [5.74, 6) is 2.78. The lowest BCUT2D eigenvalue weighted by atomic mass is 9.96. The zero-order chi connectivity index (χ0) is 19.9. The van der Waals surface area contributed by atoms with Crippen LogP contribution in [-0.4, -0.2) is 40.8 Å². The van der Waals surface area contributed by atoms with E-state index >= 15 is 0 Å². The van der Waals surface area contributed by atoms with Crippen LogP contribution in [0.5, 0.6) is 11.5 Å². The summed E-state index contributed by atoms with van der Waals surface area (Å²) in [6.07, 6.45) is 8.94. The van der Waals surface area contributed by atoms with Crippen LogP contribution in [-0.2, 0) is 19.4 Å². The highest BCUT2D eigenvalue weighted by molar-refractivity contribution is 7.19. The normalized spacial score (nSPS) is 19.2. The molecular formula is C23H26N4O2S. The summed E-state index contributed by atoms with van der Waals surface area (Å²) in [7, 11) is 0. The lowest BCUT2D eigenvalue weighted by molar-refractivity contribution is 0.173. The molecule has 2 aliphatic heterocycles. The van der Waals surface area contributed by atoms with Crippen LogP contribution >= 0.6 is 11.3 Å². The Morgan fingerprint density at radius 2 is 1.93 bits per heavy atom. The first-order valence-corrected chi connectivity index (χ1v) is 11.8. The zero-order valence-electron chi connectivity index (χ0n) is 17.0. The number of hydrogen-bond acceptors (Lipinski definition) is 7. The molecule has 1 aliphatic carbocycles. The lowest BCUT2D eigenvalue weighted by Crippen LogP contribution is -2.38. The Bertz CT molecular complexity index is 1070. The maximum Gasteiger partial charge on any atom is 0.231 e. The van der Waals surface area contributed by atoms with Crippen molar-refractivity contribution < 1.29 is 9.47 Å². The Morgan fingerprint density at radius 1 is 1.07 bits per heavy atom. The fourth-order valence-corrected chi connectivity index (χ4v) is 6.15. The molecule has 4 heterocycles. The molecule has 0 amide bonds. The Morgan fingerprint density at radius 3 is 2.87 bits per heavy atom. The first kappa shape index (κ1) is 18.4.